The van der Waals surface area contributed by atoms with Crippen LogP contribution < -0.4 is 0 Å². The lowest BCUT2D eigenvalue weighted by Gasteiger charge is -2.11. The molecule has 0 atom stereocenters. The highest BCUT2D eigenvalue weighted by atomic mass is 127. The summed E-state index contributed by atoms with van der Waals surface area (Å²) in [5.41, 5.74) is 0. The van der Waals surface area contributed by atoms with Crippen molar-refractivity contribution in [1.29, 1.82) is 0 Å². The lowest BCUT2D eigenvalue weighted by Crippen LogP contribution is -1.85. The maximum Gasteiger partial charge on any atom is 0.0260 e. The van der Waals surface area contributed by atoms with Crippen molar-refractivity contribution in [2.45, 2.75) is 0 Å². The highest BCUT2D eigenvalue weighted by Crippen LogP contribution is 2.37. The third kappa shape index (κ3) is 1.78. The van der Waals surface area contributed by atoms with E-state index >= 15 is 0 Å². The van der Waals surface area contributed by atoms with Crippen LogP contribution in [-0.4, -0.2) is 0 Å². The number of rotatable bonds is 0. The van der Waals surface area contributed by atoms with Crippen LogP contribution in [-0.2, 0) is 0 Å². The molecule has 0 N–H and O–H groups in total. The lowest BCUT2D eigenvalue weighted by atomic mass is 9.97. The van der Waals surface area contributed by atoms with Gasteiger partial charge in [0.25, 0.3) is 0 Å². The molecule has 0 aliphatic carbocycles. The first-order chi connectivity index (χ1) is 9.75. The zero-order chi connectivity index (χ0) is 13.7. The van der Waals surface area contributed by atoms with Crippen molar-refractivity contribution in [3.05, 3.63) is 68.7 Å². The lowest BCUT2D eigenvalue weighted by molar-refractivity contribution is 1.73. The summed E-state index contributed by atoms with van der Waals surface area (Å²) in [4.78, 5) is 0. The van der Waals surface area contributed by atoms with Crippen LogP contribution in [0.3, 0.4) is 0 Å². The molecule has 4 rings (SSSR count). The van der Waals surface area contributed by atoms with Crippen LogP contribution in [0.25, 0.3) is 32.3 Å². The summed E-state index contributed by atoms with van der Waals surface area (Å²) in [6.45, 7) is 0. The van der Waals surface area contributed by atoms with E-state index in [1.807, 2.05) is 0 Å². The fraction of sp³-hybridized carbons (Fsp3) is 0. The summed E-state index contributed by atoms with van der Waals surface area (Å²) in [6, 6.07) is 21.7. The van der Waals surface area contributed by atoms with Gasteiger partial charge in [0.05, 0.1) is 0 Å². The fourth-order valence-corrected chi connectivity index (χ4v) is 4.22. The topological polar surface area (TPSA) is 0 Å². The minimum Gasteiger partial charge on any atom is -0.0616 e. The van der Waals surface area contributed by atoms with E-state index in [1.54, 1.807) is 0 Å². The van der Waals surface area contributed by atoms with Crippen LogP contribution in [0.4, 0.5) is 0 Å². The van der Waals surface area contributed by atoms with E-state index < -0.39 is 0 Å². The van der Waals surface area contributed by atoms with Crippen molar-refractivity contribution >= 4 is 70.8 Å². The smallest absolute Gasteiger partial charge is 0.0260 e. The third-order valence-corrected chi connectivity index (χ3v) is 5.33. The molecule has 0 radical (unpaired) electrons. The molecule has 0 aromatic heterocycles. The molecule has 0 aliphatic rings. The Morgan fingerprint density at radius 2 is 1.10 bits per heavy atom. The minimum atomic E-state index is 1.16. The molecule has 20 heavy (non-hydrogen) atoms. The monoisotopic (exact) mass is 432 g/mol. The highest BCUT2D eigenvalue weighted by Gasteiger charge is 2.09. The van der Waals surface area contributed by atoms with Gasteiger partial charge in [-0.3, -0.25) is 0 Å². The maximum atomic E-state index is 3.72. The molecule has 0 bridgehead atoms. The molecule has 0 unspecified atom stereocenters. The predicted octanol–water partition coefficient (Wildman–Crippen LogP) is 6.51. The van der Waals surface area contributed by atoms with Gasteiger partial charge in [0.15, 0.2) is 0 Å². The normalized spacial score (nSPS) is 11.5. The molecule has 4 aromatic carbocycles. The SMILES string of the molecule is Brc1cc2c3ccccc3c(I)cc2c2ccccc12. The molecule has 0 saturated heterocycles. The Bertz CT molecular complexity index is 892. The Kier molecular flexibility index (Phi) is 2.97. The molecular weight excluding hydrogens is 423 g/mol. The predicted molar refractivity (Wildman–Crippen MR) is 99.4 cm³/mol. The van der Waals surface area contributed by atoms with Crippen molar-refractivity contribution in [1.82, 2.24) is 0 Å². The molecule has 0 amide bonds. The zero-order valence-electron chi connectivity index (χ0n) is 10.5. The molecule has 0 nitrogen and oxygen atoms in total. The van der Waals surface area contributed by atoms with Gasteiger partial charge in [-0.15, -0.1) is 0 Å². The van der Waals surface area contributed by atoms with Gasteiger partial charge in [0.2, 0.25) is 0 Å². The van der Waals surface area contributed by atoms with Crippen LogP contribution in [0.2, 0.25) is 0 Å². The van der Waals surface area contributed by atoms with Gasteiger partial charge in [0.1, 0.15) is 0 Å². The van der Waals surface area contributed by atoms with Crippen LogP contribution in [0.15, 0.2) is 65.1 Å². The average molecular weight is 433 g/mol. The van der Waals surface area contributed by atoms with E-state index in [1.165, 1.54) is 35.9 Å². The number of benzene rings is 4. The Morgan fingerprint density at radius 3 is 1.80 bits per heavy atom. The summed E-state index contributed by atoms with van der Waals surface area (Å²) in [7, 11) is 0. The molecular formula is C18H10BrI. The summed E-state index contributed by atoms with van der Waals surface area (Å²) in [5.74, 6) is 0. The van der Waals surface area contributed by atoms with E-state index in [9.17, 15) is 0 Å². The number of fused-ring (bicyclic) bond motifs is 5. The van der Waals surface area contributed by atoms with Crippen LogP contribution in [0.1, 0.15) is 0 Å². The van der Waals surface area contributed by atoms with Crippen LogP contribution in [0.5, 0.6) is 0 Å². The zero-order valence-corrected chi connectivity index (χ0v) is 14.3. The Balaban J connectivity index is 2.36. The molecule has 96 valence electrons. The van der Waals surface area contributed by atoms with E-state index in [2.05, 4.69) is 99.2 Å². The second kappa shape index (κ2) is 4.71. The quantitative estimate of drug-likeness (QED) is 0.219. The molecule has 0 aliphatic heterocycles. The first-order valence-corrected chi connectivity index (χ1v) is 8.31. The number of halogens is 2. The summed E-state index contributed by atoms with van der Waals surface area (Å²) >= 11 is 6.16. The van der Waals surface area contributed by atoms with E-state index in [0.717, 1.165) is 4.47 Å². The fourth-order valence-electron chi connectivity index (χ4n) is 2.86. The van der Waals surface area contributed by atoms with Crippen molar-refractivity contribution in [2.24, 2.45) is 0 Å². The van der Waals surface area contributed by atoms with Crippen molar-refractivity contribution < 1.29 is 0 Å². The van der Waals surface area contributed by atoms with Gasteiger partial charge in [0, 0.05) is 8.04 Å². The second-order valence-corrected chi connectivity index (χ2v) is 6.92. The Morgan fingerprint density at radius 1 is 0.600 bits per heavy atom. The van der Waals surface area contributed by atoms with Gasteiger partial charge in [-0.1, -0.05) is 64.5 Å². The van der Waals surface area contributed by atoms with Crippen molar-refractivity contribution in [3.8, 4) is 0 Å². The van der Waals surface area contributed by atoms with Gasteiger partial charge in [-0.05, 0) is 67.0 Å². The van der Waals surface area contributed by atoms with Crippen molar-refractivity contribution in [2.75, 3.05) is 0 Å². The Labute approximate surface area is 139 Å². The molecule has 0 spiro atoms. The third-order valence-electron chi connectivity index (χ3n) is 3.78. The molecule has 0 heterocycles. The first-order valence-electron chi connectivity index (χ1n) is 6.44. The van der Waals surface area contributed by atoms with E-state index in [0.29, 0.717) is 0 Å². The van der Waals surface area contributed by atoms with Gasteiger partial charge in [-0.2, -0.15) is 0 Å². The minimum absolute atomic E-state index is 1.16. The molecule has 4 aromatic rings. The summed E-state index contributed by atoms with van der Waals surface area (Å²) in [5, 5.41) is 7.86. The Hall–Kier alpha value is -1.13. The van der Waals surface area contributed by atoms with E-state index in [4.69, 9.17) is 0 Å². The van der Waals surface area contributed by atoms with Gasteiger partial charge >= 0.3 is 0 Å². The van der Waals surface area contributed by atoms with Gasteiger partial charge < -0.3 is 0 Å². The number of hydrogen-bond acceptors (Lipinski definition) is 0. The molecule has 2 heteroatoms. The number of hydrogen-bond donors (Lipinski definition) is 0. The maximum absolute atomic E-state index is 3.72. The molecule has 0 fully saturated rings. The summed E-state index contributed by atoms with van der Waals surface area (Å²) < 4.78 is 2.46. The van der Waals surface area contributed by atoms with E-state index in [-0.39, 0.29) is 0 Å². The average Bonchev–Trinajstić information content (AvgIpc) is 2.49. The summed E-state index contributed by atoms with van der Waals surface area (Å²) in [6.07, 6.45) is 0. The standard InChI is InChI=1S/C18H10BrI/c19-17-9-15-12-6-2-4-8-14(12)18(20)10-16(15)11-5-1-3-7-13(11)17/h1-10H. The van der Waals surface area contributed by atoms with Crippen LogP contribution >= 0.6 is 38.5 Å². The van der Waals surface area contributed by atoms with Crippen molar-refractivity contribution in [3.63, 3.8) is 0 Å². The van der Waals surface area contributed by atoms with Crippen LogP contribution in [0, 0.1) is 3.57 Å². The second-order valence-electron chi connectivity index (χ2n) is 4.90. The van der Waals surface area contributed by atoms with Gasteiger partial charge in [-0.25, -0.2) is 0 Å². The first kappa shape index (κ1) is 12.6. The molecule has 0 saturated carbocycles. The largest absolute Gasteiger partial charge is 0.0616 e. The highest BCUT2D eigenvalue weighted by molar-refractivity contribution is 14.1.